The van der Waals surface area contributed by atoms with Crippen LogP contribution in [-0.2, 0) is 0 Å². The van der Waals surface area contributed by atoms with Gasteiger partial charge in [-0.1, -0.05) is 11.6 Å². The molecule has 0 bridgehead atoms. The molecule has 19 heavy (non-hydrogen) atoms. The van der Waals surface area contributed by atoms with E-state index in [-0.39, 0.29) is 11.0 Å². The molecule has 0 aliphatic heterocycles. The molecule has 2 N–H and O–H groups in total. The number of amides is 1. The number of hydrogen-bond donors (Lipinski definition) is 2. The Balaban J connectivity index is 2.28. The molecule has 4 nitrogen and oxygen atoms in total. The van der Waals surface area contributed by atoms with Crippen molar-refractivity contribution in [3.05, 3.63) is 60.5 Å². The van der Waals surface area contributed by atoms with Gasteiger partial charge in [0, 0.05) is 26.5 Å². The van der Waals surface area contributed by atoms with Crippen LogP contribution in [-0.4, -0.2) is 10.9 Å². The van der Waals surface area contributed by atoms with Crippen LogP contribution in [0.5, 0.6) is 0 Å². The van der Waals surface area contributed by atoms with Gasteiger partial charge in [-0.05, 0) is 47.7 Å². The predicted octanol–water partition coefficient (Wildman–Crippen LogP) is 3.19. The first-order chi connectivity index (χ1) is 8.97. The fourth-order valence-corrected chi connectivity index (χ4v) is 2.54. The van der Waals surface area contributed by atoms with E-state index in [0.717, 1.165) is 3.57 Å². The maximum absolute atomic E-state index is 12.0. The van der Waals surface area contributed by atoms with E-state index in [2.05, 4.69) is 32.9 Å². The highest BCUT2D eigenvalue weighted by atomic mass is 127. The van der Waals surface area contributed by atoms with Crippen LogP contribution in [0.3, 0.4) is 0 Å². The average Bonchev–Trinajstić information content (AvgIpc) is 2.32. The fraction of sp³-hybridized carbons (Fsp3) is 0.0769. The van der Waals surface area contributed by atoms with E-state index in [1.807, 2.05) is 0 Å². The zero-order chi connectivity index (χ0) is 14.0. The van der Waals surface area contributed by atoms with Crippen LogP contribution < -0.4 is 10.7 Å². The number of pyridine rings is 1. The second-order valence-electron chi connectivity index (χ2n) is 3.97. The van der Waals surface area contributed by atoms with Gasteiger partial charge in [0.15, 0.2) is 5.43 Å². The van der Waals surface area contributed by atoms with Crippen LogP contribution in [0.25, 0.3) is 0 Å². The summed E-state index contributed by atoms with van der Waals surface area (Å²) in [6, 6.07) is 6.50. The van der Waals surface area contributed by atoms with Gasteiger partial charge in [0.25, 0.3) is 5.91 Å². The first kappa shape index (κ1) is 14.1. The normalized spacial score (nSPS) is 10.3. The molecule has 0 aliphatic rings. The molecule has 0 aliphatic carbocycles. The highest BCUT2D eigenvalue weighted by molar-refractivity contribution is 14.1. The molecule has 0 saturated heterocycles. The summed E-state index contributed by atoms with van der Waals surface area (Å²) in [4.78, 5) is 26.6. The van der Waals surface area contributed by atoms with Crippen molar-refractivity contribution in [2.45, 2.75) is 6.92 Å². The van der Waals surface area contributed by atoms with Crippen LogP contribution in [0, 0.1) is 10.5 Å². The molecule has 2 rings (SSSR count). The van der Waals surface area contributed by atoms with Crippen molar-refractivity contribution in [2.75, 3.05) is 5.32 Å². The second-order valence-corrected chi connectivity index (χ2v) is 5.57. The Morgan fingerprint density at radius 3 is 2.74 bits per heavy atom. The number of nitrogens with one attached hydrogen (secondary N) is 2. The van der Waals surface area contributed by atoms with Gasteiger partial charge in [-0.2, -0.15) is 0 Å². The van der Waals surface area contributed by atoms with Crippen molar-refractivity contribution in [1.29, 1.82) is 0 Å². The number of carbonyl (C=O) groups excluding carboxylic acids is 1. The Morgan fingerprint density at radius 1 is 1.37 bits per heavy atom. The lowest BCUT2D eigenvalue weighted by molar-refractivity contribution is 0.102. The Kier molecular flexibility index (Phi) is 4.26. The van der Waals surface area contributed by atoms with E-state index < -0.39 is 5.91 Å². The third kappa shape index (κ3) is 3.36. The SMILES string of the molecule is Cc1cc(=O)c(C(=O)Nc2ccc(Cl)cc2I)c[nH]1. The minimum absolute atomic E-state index is 0.0800. The van der Waals surface area contributed by atoms with Gasteiger partial charge in [0.1, 0.15) is 5.56 Å². The summed E-state index contributed by atoms with van der Waals surface area (Å²) in [6.45, 7) is 1.76. The van der Waals surface area contributed by atoms with E-state index in [4.69, 9.17) is 11.6 Å². The van der Waals surface area contributed by atoms with E-state index in [1.54, 1.807) is 25.1 Å². The fourth-order valence-electron chi connectivity index (χ4n) is 1.53. The van der Waals surface area contributed by atoms with Gasteiger partial charge in [-0.25, -0.2) is 0 Å². The zero-order valence-electron chi connectivity index (χ0n) is 9.96. The Hall–Kier alpha value is -1.34. The number of aromatic nitrogens is 1. The lowest BCUT2D eigenvalue weighted by atomic mass is 10.2. The molecule has 1 heterocycles. The van der Waals surface area contributed by atoms with Crippen molar-refractivity contribution >= 4 is 45.8 Å². The number of halogens is 2. The number of aromatic amines is 1. The molecule has 2 aromatic rings. The molecule has 0 atom stereocenters. The van der Waals surface area contributed by atoms with E-state index >= 15 is 0 Å². The number of hydrogen-bond acceptors (Lipinski definition) is 2. The first-order valence-corrected chi connectivity index (χ1v) is 6.89. The smallest absolute Gasteiger partial charge is 0.261 e. The summed E-state index contributed by atoms with van der Waals surface area (Å²) in [5.41, 5.74) is 1.10. The number of H-pyrrole nitrogens is 1. The van der Waals surface area contributed by atoms with E-state index in [9.17, 15) is 9.59 Å². The summed E-state index contributed by atoms with van der Waals surface area (Å²) in [7, 11) is 0. The minimum atomic E-state index is -0.443. The topological polar surface area (TPSA) is 62.0 Å². The van der Waals surface area contributed by atoms with Gasteiger partial charge in [0.2, 0.25) is 0 Å². The number of aryl methyl sites for hydroxylation is 1. The Labute approximate surface area is 128 Å². The summed E-state index contributed by atoms with van der Waals surface area (Å²) in [5, 5.41) is 3.28. The summed E-state index contributed by atoms with van der Waals surface area (Å²) >= 11 is 7.91. The van der Waals surface area contributed by atoms with Gasteiger partial charge >= 0.3 is 0 Å². The number of benzene rings is 1. The molecular formula is C13H10ClIN2O2. The monoisotopic (exact) mass is 388 g/mol. The second kappa shape index (κ2) is 5.75. The average molecular weight is 389 g/mol. The largest absolute Gasteiger partial charge is 0.364 e. The summed E-state index contributed by atoms with van der Waals surface area (Å²) < 4.78 is 0.807. The molecule has 1 aromatic heterocycles. The Morgan fingerprint density at radius 2 is 2.11 bits per heavy atom. The van der Waals surface area contributed by atoms with Crippen molar-refractivity contribution in [1.82, 2.24) is 4.98 Å². The molecule has 1 aromatic carbocycles. The Bertz CT molecular complexity index is 697. The first-order valence-electron chi connectivity index (χ1n) is 5.43. The van der Waals surface area contributed by atoms with Gasteiger partial charge < -0.3 is 10.3 Å². The minimum Gasteiger partial charge on any atom is -0.364 e. The maximum atomic E-state index is 12.0. The third-order valence-electron chi connectivity index (χ3n) is 2.48. The molecule has 1 amide bonds. The third-order valence-corrected chi connectivity index (χ3v) is 3.61. The summed E-state index contributed by atoms with van der Waals surface area (Å²) in [6.07, 6.45) is 1.41. The molecule has 0 saturated carbocycles. The van der Waals surface area contributed by atoms with E-state index in [0.29, 0.717) is 16.4 Å². The molecule has 0 unspecified atom stereocenters. The summed E-state index contributed by atoms with van der Waals surface area (Å²) in [5.74, 6) is -0.443. The van der Waals surface area contributed by atoms with Crippen molar-refractivity contribution in [3.63, 3.8) is 0 Å². The van der Waals surface area contributed by atoms with Crippen LogP contribution >= 0.6 is 34.2 Å². The number of rotatable bonds is 2. The number of anilines is 1. The molecule has 0 radical (unpaired) electrons. The van der Waals surface area contributed by atoms with Gasteiger partial charge in [-0.3, -0.25) is 9.59 Å². The van der Waals surface area contributed by atoms with Crippen LogP contribution in [0.1, 0.15) is 16.1 Å². The molecular weight excluding hydrogens is 379 g/mol. The highest BCUT2D eigenvalue weighted by Gasteiger charge is 2.12. The zero-order valence-corrected chi connectivity index (χ0v) is 12.9. The van der Waals surface area contributed by atoms with Crippen molar-refractivity contribution in [3.8, 4) is 0 Å². The lowest BCUT2D eigenvalue weighted by Gasteiger charge is -2.07. The van der Waals surface area contributed by atoms with Crippen LogP contribution in [0.15, 0.2) is 35.3 Å². The van der Waals surface area contributed by atoms with Crippen LogP contribution in [0.2, 0.25) is 5.02 Å². The van der Waals surface area contributed by atoms with Crippen molar-refractivity contribution in [2.24, 2.45) is 0 Å². The quantitative estimate of drug-likeness (QED) is 0.776. The standard InChI is InChI=1S/C13H10ClIN2O2/c1-7-4-12(18)9(6-16-7)13(19)17-11-3-2-8(14)5-10(11)15/h2-6H,1H3,(H,16,18)(H,17,19). The van der Waals surface area contributed by atoms with Gasteiger partial charge in [0.05, 0.1) is 5.69 Å². The number of carbonyl (C=O) groups is 1. The maximum Gasteiger partial charge on any atom is 0.261 e. The molecule has 98 valence electrons. The highest BCUT2D eigenvalue weighted by Crippen LogP contribution is 2.22. The molecule has 6 heteroatoms. The van der Waals surface area contributed by atoms with Crippen LogP contribution in [0.4, 0.5) is 5.69 Å². The molecule has 0 fully saturated rings. The lowest BCUT2D eigenvalue weighted by Crippen LogP contribution is -2.21. The van der Waals surface area contributed by atoms with Gasteiger partial charge in [-0.15, -0.1) is 0 Å². The predicted molar refractivity (Wildman–Crippen MR) is 83.9 cm³/mol. The molecule has 0 spiro atoms. The van der Waals surface area contributed by atoms with E-state index in [1.165, 1.54) is 12.3 Å². The van der Waals surface area contributed by atoms with Crippen molar-refractivity contribution < 1.29 is 4.79 Å².